The maximum atomic E-state index is 12.4. The molecule has 0 aromatic heterocycles. The summed E-state index contributed by atoms with van der Waals surface area (Å²) in [5, 5.41) is 28.7. The molecule has 0 heterocycles. The molecule has 0 fully saturated rings. The summed E-state index contributed by atoms with van der Waals surface area (Å²) in [5.41, 5.74) is 9.80. The van der Waals surface area contributed by atoms with Crippen LogP contribution in [0.5, 0.6) is 11.5 Å². The quantitative estimate of drug-likeness (QED) is 0.106. The summed E-state index contributed by atoms with van der Waals surface area (Å²) in [6.45, 7) is 3.17. The zero-order valence-electron chi connectivity index (χ0n) is 22.7. The van der Waals surface area contributed by atoms with Crippen molar-refractivity contribution in [1.82, 2.24) is 0 Å². The van der Waals surface area contributed by atoms with Crippen LogP contribution in [0.4, 0.5) is 28.4 Å². The molecule has 0 unspecified atom stereocenters. The van der Waals surface area contributed by atoms with Gasteiger partial charge in [-0.3, -0.25) is 4.55 Å². The summed E-state index contributed by atoms with van der Waals surface area (Å²) >= 11 is 0. The molecule has 4 N–H and O–H groups in total. The van der Waals surface area contributed by atoms with Crippen LogP contribution in [0.25, 0.3) is 10.8 Å². The van der Waals surface area contributed by atoms with Crippen LogP contribution < -0.4 is 10.5 Å². The molecule has 4 aromatic rings. The van der Waals surface area contributed by atoms with E-state index >= 15 is 0 Å². The molecule has 0 atom stereocenters. The first kappa shape index (κ1) is 30.5. The predicted molar refractivity (Wildman–Crippen MR) is 157 cm³/mol. The second kappa shape index (κ2) is 12.2. The third-order valence-electron chi connectivity index (χ3n) is 6.26. The van der Waals surface area contributed by atoms with Crippen molar-refractivity contribution < 1.29 is 35.4 Å². The number of methoxy groups -OCH3 is 1. The number of rotatable bonds is 10. The van der Waals surface area contributed by atoms with Gasteiger partial charge >= 0.3 is 10.4 Å². The number of phenols is 1. The number of sulfone groups is 1. The highest BCUT2D eigenvalue weighted by Gasteiger charge is 2.17. The lowest BCUT2D eigenvalue weighted by molar-refractivity contribution is 0.284. The largest absolute Gasteiger partial charge is 0.505 e. The highest BCUT2D eigenvalue weighted by Crippen LogP contribution is 2.42. The number of benzene rings is 4. The average Bonchev–Trinajstić information content (AvgIpc) is 2.93. The van der Waals surface area contributed by atoms with Gasteiger partial charge in [-0.2, -0.15) is 13.5 Å². The van der Waals surface area contributed by atoms with Crippen molar-refractivity contribution in [2.75, 3.05) is 25.2 Å². The van der Waals surface area contributed by atoms with Gasteiger partial charge in [-0.25, -0.2) is 12.6 Å². The molecule has 0 aliphatic rings. The minimum Gasteiger partial charge on any atom is -0.505 e. The smallest absolute Gasteiger partial charge is 0.397 e. The number of ether oxygens (including phenoxy) is 1. The maximum absolute atomic E-state index is 12.4. The number of nitrogens with zero attached hydrogens (tertiary/aromatic N) is 4. The van der Waals surface area contributed by atoms with Crippen molar-refractivity contribution in [3.8, 4) is 11.5 Å². The molecule has 4 aromatic carbocycles. The molecule has 4 rings (SSSR count). The Balaban J connectivity index is 1.59. The number of anilines is 1. The first-order valence-corrected chi connectivity index (χ1v) is 15.3. The summed E-state index contributed by atoms with van der Waals surface area (Å²) in [4.78, 5) is -0.102. The minimum absolute atomic E-state index is 0.102. The van der Waals surface area contributed by atoms with Crippen LogP contribution >= 0.6 is 0 Å². The van der Waals surface area contributed by atoms with Crippen molar-refractivity contribution in [2.45, 2.75) is 18.7 Å². The van der Waals surface area contributed by atoms with Crippen LogP contribution in [0.15, 0.2) is 86.0 Å². The molecule has 42 heavy (non-hydrogen) atoms. The second-order valence-electron chi connectivity index (χ2n) is 9.10. The lowest BCUT2D eigenvalue weighted by Gasteiger charge is -2.09. The number of aryl methyl sites for hydroxylation is 2. The number of phenolic OH excluding ortho intramolecular Hbond substituents is 1. The Morgan fingerprint density at radius 3 is 2.12 bits per heavy atom. The molecule has 0 aliphatic carbocycles. The van der Waals surface area contributed by atoms with Crippen LogP contribution in [0.3, 0.4) is 0 Å². The second-order valence-corrected chi connectivity index (χ2v) is 12.3. The lowest BCUT2D eigenvalue weighted by Crippen LogP contribution is -2.15. The van der Waals surface area contributed by atoms with E-state index in [9.17, 15) is 21.9 Å². The Morgan fingerprint density at radius 2 is 1.45 bits per heavy atom. The standard InChI is InChI=1S/C27H27N5O8S2/c1-16-14-24(25(39-3)15-17(16)2)31-30-23-11-9-20-21(27(23)33)8-10-22(28)26(20)32-29-18-4-6-19(7-5-18)41(34,35)13-12-40-42(36,37)38/h4-11,14-15,33H,12-13,28H2,1-3H3,(H,36,37,38). The Morgan fingerprint density at radius 1 is 0.810 bits per heavy atom. The Hall–Kier alpha value is -4.44. The fourth-order valence-corrected chi connectivity index (χ4v) is 5.38. The fraction of sp³-hybridized carbons (Fsp3) is 0.185. The zero-order chi connectivity index (χ0) is 30.7. The number of hydrogen-bond donors (Lipinski definition) is 3. The van der Waals surface area contributed by atoms with Crippen molar-refractivity contribution >= 4 is 59.4 Å². The molecule has 0 aliphatic heterocycles. The Labute approximate surface area is 242 Å². The van der Waals surface area contributed by atoms with Gasteiger partial charge in [0.05, 0.1) is 35.7 Å². The summed E-state index contributed by atoms with van der Waals surface area (Å²) in [7, 11) is -7.09. The van der Waals surface area contributed by atoms with Crippen molar-refractivity contribution in [3.05, 3.63) is 71.8 Å². The predicted octanol–water partition coefficient (Wildman–Crippen LogP) is 6.18. The van der Waals surface area contributed by atoms with E-state index in [1.54, 1.807) is 31.4 Å². The van der Waals surface area contributed by atoms with E-state index in [2.05, 4.69) is 24.6 Å². The fourth-order valence-electron chi connectivity index (χ4n) is 3.89. The Kier molecular flexibility index (Phi) is 8.86. The third kappa shape index (κ3) is 7.06. The minimum atomic E-state index is -4.75. The van der Waals surface area contributed by atoms with E-state index < -0.39 is 32.6 Å². The number of hydrogen-bond acceptors (Lipinski definition) is 12. The van der Waals surface area contributed by atoms with Gasteiger partial charge in [-0.15, -0.1) is 15.3 Å². The molecule has 0 saturated heterocycles. The summed E-state index contributed by atoms with van der Waals surface area (Å²) < 4.78 is 64.1. The van der Waals surface area contributed by atoms with E-state index in [0.717, 1.165) is 11.1 Å². The first-order valence-electron chi connectivity index (χ1n) is 12.3. The van der Waals surface area contributed by atoms with Crippen molar-refractivity contribution in [3.63, 3.8) is 0 Å². The molecule has 0 amide bonds. The van der Waals surface area contributed by atoms with Gasteiger partial charge in [0.2, 0.25) is 0 Å². The van der Waals surface area contributed by atoms with Gasteiger partial charge in [0.15, 0.2) is 15.6 Å². The highest BCUT2D eigenvalue weighted by molar-refractivity contribution is 7.91. The van der Waals surface area contributed by atoms with Gasteiger partial charge < -0.3 is 15.6 Å². The number of nitrogen functional groups attached to an aromatic ring is 1. The number of fused-ring (bicyclic) bond motifs is 1. The van der Waals surface area contributed by atoms with E-state index in [1.165, 1.54) is 24.3 Å². The summed E-state index contributed by atoms with van der Waals surface area (Å²) in [6, 6.07) is 15.5. The van der Waals surface area contributed by atoms with Crippen LogP contribution in [0.1, 0.15) is 11.1 Å². The van der Waals surface area contributed by atoms with Crippen molar-refractivity contribution in [1.29, 1.82) is 0 Å². The monoisotopic (exact) mass is 613 g/mol. The third-order valence-corrected chi connectivity index (χ3v) is 8.42. The normalized spacial score (nSPS) is 12.5. The topological polar surface area (TPSA) is 203 Å². The summed E-state index contributed by atoms with van der Waals surface area (Å²) in [6.07, 6.45) is 0. The summed E-state index contributed by atoms with van der Waals surface area (Å²) in [5.74, 6) is -0.249. The van der Waals surface area contributed by atoms with E-state index in [-0.39, 0.29) is 27.7 Å². The molecular weight excluding hydrogens is 586 g/mol. The molecule has 0 spiro atoms. The maximum Gasteiger partial charge on any atom is 0.397 e. The lowest BCUT2D eigenvalue weighted by atomic mass is 10.1. The van der Waals surface area contributed by atoms with Crippen LogP contribution in [-0.2, 0) is 24.4 Å². The van der Waals surface area contributed by atoms with E-state index in [4.69, 9.17) is 15.0 Å². The van der Waals surface area contributed by atoms with Gasteiger partial charge in [0.1, 0.15) is 22.8 Å². The highest BCUT2D eigenvalue weighted by atomic mass is 32.3. The average molecular weight is 614 g/mol. The van der Waals surface area contributed by atoms with Gasteiger partial charge in [-0.1, -0.05) is 0 Å². The van der Waals surface area contributed by atoms with Crippen molar-refractivity contribution in [2.24, 2.45) is 20.5 Å². The molecule has 0 bridgehead atoms. The van der Waals surface area contributed by atoms with Crippen LogP contribution in [0, 0.1) is 13.8 Å². The molecule has 13 nitrogen and oxygen atoms in total. The van der Waals surface area contributed by atoms with E-state index in [1.807, 2.05) is 26.0 Å². The first-order chi connectivity index (χ1) is 19.8. The van der Waals surface area contributed by atoms with Crippen LogP contribution in [0.2, 0.25) is 0 Å². The molecular formula is C27H27N5O8S2. The van der Waals surface area contributed by atoms with Gasteiger partial charge in [0.25, 0.3) is 0 Å². The van der Waals surface area contributed by atoms with Crippen LogP contribution in [-0.4, -0.2) is 46.0 Å². The molecule has 0 saturated carbocycles. The number of azo groups is 2. The molecule has 15 heteroatoms. The Bertz CT molecular complexity index is 1920. The number of nitrogens with two attached hydrogens (primary N) is 1. The van der Waals surface area contributed by atoms with E-state index in [0.29, 0.717) is 27.9 Å². The zero-order valence-corrected chi connectivity index (χ0v) is 24.3. The molecule has 0 radical (unpaired) electrons. The SMILES string of the molecule is COc1cc(C)c(C)cc1N=Nc1ccc2c(N=Nc3ccc(S(=O)(=O)CCOS(=O)(=O)O)cc3)c(N)ccc2c1O. The molecule has 220 valence electrons. The van der Waals surface area contributed by atoms with Gasteiger partial charge in [0, 0.05) is 10.8 Å². The number of aromatic hydroxyl groups is 1. The van der Waals surface area contributed by atoms with Gasteiger partial charge in [-0.05, 0) is 85.6 Å².